The average Bonchev–Trinajstić information content (AvgIpc) is 2.48. The molecule has 1 unspecified atom stereocenters. The number of aryl methyl sites for hydroxylation is 1. The Kier molecular flexibility index (Phi) is 13.4. The standard InChI is InChI=1S/C19H32O3S.Na.H/c1-3-4-5-6-7-8-9-10-11-19(16-23(20,21)22)18-14-12-17(2)13-15-18;;/h12-15,19H,3-11,16H2,1-2H3,(H,20,21,22);;/q;+1;-1. The maximum atomic E-state index is 11.3. The summed E-state index contributed by atoms with van der Waals surface area (Å²) in [6.07, 6.45) is 10.7. The third-order valence-electron chi connectivity index (χ3n) is 4.37. The van der Waals surface area contributed by atoms with E-state index in [1.165, 1.54) is 38.5 Å². The first-order valence-corrected chi connectivity index (χ1v) is 10.5. The third-order valence-corrected chi connectivity index (χ3v) is 5.19. The molecule has 24 heavy (non-hydrogen) atoms. The number of rotatable bonds is 12. The Balaban J connectivity index is 0. The number of hydrogen-bond acceptors (Lipinski definition) is 2. The SMILES string of the molecule is CCCCCCCCCCC(CS(=O)(=O)O)c1ccc(C)cc1.[H-].[Na+]. The van der Waals surface area contributed by atoms with Crippen LogP contribution in [0.2, 0.25) is 0 Å². The summed E-state index contributed by atoms with van der Waals surface area (Å²) in [5, 5.41) is 0. The fourth-order valence-corrected chi connectivity index (χ4v) is 3.83. The van der Waals surface area contributed by atoms with Crippen molar-refractivity contribution < 1.29 is 44.0 Å². The van der Waals surface area contributed by atoms with Crippen molar-refractivity contribution in [1.82, 2.24) is 0 Å². The van der Waals surface area contributed by atoms with Crippen LogP contribution < -0.4 is 29.6 Å². The van der Waals surface area contributed by atoms with Gasteiger partial charge in [-0.3, -0.25) is 4.55 Å². The molecule has 0 amide bonds. The van der Waals surface area contributed by atoms with Crippen LogP contribution in [0.1, 0.15) is 83.2 Å². The zero-order valence-corrected chi connectivity index (χ0v) is 18.4. The van der Waals surface area contributed by atoms with Crippen molar-refractivity contribution >= 4 is 10.1 Å². The molecule has 1 atom stereocenters. The molecule has 0 spiro atoms. The second-order valence-electron chi connectivity index (χ2n) is 6.62. The minimum Gasteiger partial charge on any atom is -1.00 e. The van der Waals surface area contributed by atoms with Crippen LogP contribution in [-0.2, 0) is 10.1 Å². The summed E-state index contributed by atoms with van der Waals surface area (Å²) in [5.41, 5.74) is 2.17. The van der Waals surface area contributed by atoms with E-state index in [9.17, 15) is 13.0 Å². The quantitative estimate of drug-likeness (QED) is 0.352. The molecule has 0 aliphatic heterocycles. The molecule has 0 aliphatic rings. The van der Waals surface area contributed by atoms with E-state index in [0.29, 0.717) is 0 Å². The van der Waals surface area contributed by atoms with Crippen molar-refractivity contribution in [1.29, 1.82) is 0 Å². The molecule has 5 heteroatoms. The van der Waals surface area contributed by atoms with Crippen LogP contribution in [-0.4, -0.2) is 18.7 Å². The predicted molar refractivity (Wildman–Crippen MR) is 98.7 cm³/mol. The Bertz CT molecular complexity index is 532. The number of hydrogen-bond donors (Lipinski definition) is 1. The van der Waals surface area contributed by atoms with Crippen molar-refractivity contribution in [3.63, 3.8) is 0 Å². The fraction of sp³-hybridized carbons (Fsp3) is 0.684. The first-order valence-electron chi connectivity index (χ1n) is 8.94. The molecule has 0 saturated carbocycles. The van der Waals surface area contributed by atoms with Gasteiger partial charge < -0.3 is 1.43 Å². The molecular weight excluding hydrogens is 331 g/mol. The van der Waals surface area contributed by atoms with E-state index in [1.807, 2.05) is 31.2 Å². The monoisotopic (exact) mass is 364 g/mol. The summed E-state index contributed by atoms with van der Waals surface area (Å²) in [5.74, 6) is -0.280. The summed E-state index contributed by atoms with van der Waals surface area (Å²) in [4.78, 5) is 0. The smallest absolute Gasteiger partial charge is 1.00 e. The van der Waals surface area contributed by atoms with Gasteiger partial charge in [0.1, 0.15) is 0 Å². The Morgan fingerprint density at radius 3 is 1.96 bits per heavy atom. The molecule has 3 nitrogen and oxygen atoms in total. The van der Waals surface area contributed by atoms with Crippen molar-refractivity contribution in [3.05, 3.63) is 35.4 Å². The van der Waals surface area contributed by atoms with E-state index in [0.717, 1.165) is 30.4 Å². The molecule has 0 heterocycles. The molecule has 1 N–H and O–H groups in total. The molecule has 0 fully saturated rings. The van der Waals surface area contributed by atoms with Gasteiger partial charge in [-0.05, 0) is 18.9 Å². The van der Waals surface area contributed by atoms with Gasteiger partial charge in [-0.2, -0.15) is 8.42 Å². The Labute approximate surface area is 172 Å². The average molecular weight is 365 g/mol. The van der Waals surface area contributed by atoms with Crippen LogP contribution in [0.15, 0.2) is 24.3 Å². The summed E-state index contributed by atoms with van der Waals surface area (Å²) < 4.78 is 31.7. The van der Waals surface area contributed by atoms with E-state index in [4.69, 9.17) is 0 Å². The maximum Gasteiger partial charge on any atom is 1.00 e. The molecule has 1 aromatic carbocycles. The number of benzene rings is 1. The van der Waals surface area contributed by atoms with Gasteiger partial charge in [-0.15, -0.1) is 0 Å². The first-order chi connectivity index (χ1) is 10.9. The van der Waals surface area contributed by atoms with Gasteiger partial charge in [0.2, 0.25) is 0 Å². The van der Waals surface area contributed by atoms with Gasteiger partial charge in [-0.25, -0.2) is 0 Å². The van der Waals surface area contributed by atoms with Crippen molar-refractivity contribution in [2.24, 2.45) is 0 Å². The van der Waals surface area contributed by atoms with E-state index < -0.39 is 10.1 Å². The van der Waals surface area contributed by atoms with Crippen LogP contribution in [0.5, 0.6) is 0 Å². The molecule has 0 aromatic heterocycles. The summed E-state index contributed by atoms with van der Waals surface area (Å²) in [6.45, 7) is 4.24. The normalized spacial score (nSPS) is 12.6. The third kappa shape index (κ3) is 11.6. The predicted octanol–water partition coefficient (Wildman–Crippen LogP) is 2.61. The zero-order chi connectivity index (χ0) is 17.1. The topological polar surface area (TPSA) is 54.4 Å². The Morgan fingerprint density at radius 2 is 1.46 bits per heavy atom. The van der Waals surface area contributed by atoms with Gasteiger partial charge in [-0.1, -0.05) is 88.1 Å². The fourth-order valence-electron chi connectivity index (χ4n) is 2.96. The van der Waals surface area contributed by atoms with Crippen molar-refractivity contribution in [2.75, 3.05) is 5.75 Å². The van der Waals surface area contributed by atoms with E-state index in [1.54, 1.807) is 0 Å². The van der Waals surface area contributed by atoms with Gasteiger partial charge >= 0.3 is 29.6 Å². The summed E-state index contributed by atoms with van der Waals surface area (Å²) in [6, 6.07) is 7.96. The number of unbranched alkanes of at least 4 members (excludes halogenated alkanes) is 7. The molecule has 0 radical (unpaired) electrons. The molecule has 1 rings (SSSR count). The summed E-state index contributed by atoms with van der Waals surface area (Å²) >= 11 is 0. The van der Waals surface area contributed by atoms with E-state index >= 15 is 0 Å². The summed E-state index contributed by atoms with van der Waals surface area (Å²) in [7, 11) is -3.94. The minimum absolute atomic E-state index is 0. The zero-order valence-electron chi connectivity index (χ0n) is 16.6. The molecular formula is C19H33NaO3S. The first kappa shape index (κ1) is 24.1. The molecule has 0 bridgehead atoms. The second kappa shape index (κ2) is 13.3. The van der Waals surface area contributed by atoms with Crippen LogP contribution >= 0.6 is 0 Å². The molecule has 1 aromatic rings. The van der Waals surface area contributed by atoms with E-state index in [2.05, 4.69) is 6.92 Å². The van der Waals surface area contributed by atoms with Gasteiger partial charge in [0.05, 0.1) is 5.75 Å². The second-order valence-corrected chi connectivity index (χ2v) is 8.12. The van der Waals surface area contributed by atoms with E-state index in [-0.39, 0.29) is 42.7 Å². The van der Waals surface area contributed by atoms with Crippen molar-refractivity contribution in [3.8, 4) is 0 Å². The largest absolute Gasteiger partial charge is 1.00 e. The van der Waals surface area contributed by atoms with Crippen LogP contribution in [0.25, 0.3) is 0 Å². The molecule has 0 aliphatic carbocycles. The minimum atomic E-state index is -3.94. The van der Waals surface area contributed by atoms with Crippen molar-refractivity contribution in [2.45, 2.75) is 77.6 Å². The van der Waals surface area contributed by atoms with Crippen LogP contribution in [0.3, 0.4) is 0 Å². The maximum absolute atomic E-state index is 11.3. The van der Waals surface area contributed by atoms with Crippen LogP contribution in [0.4, 0.5) is 0 Å². The van der Waals surface area contributed by atoms with Gasteiger partial charge in [0.15, 0.2) is 0 Å². The molecule has 0 saturated heterocycles. The van der Waals surface area contributed by atoms with Crippen LogP contribution in [0, 0.1) is 6.92 Å². The molecule has 134 valence electrons. The Morgan fingerprint density at radius 1 is 0.958 bits per heavy atom. The Hall–Kier alpha value is 0.130. The van der Waals surface area contributed by atoms with Gasteiger partial charge in [0.25, 0.3) is 10.1 Å². The van der Waals surface area contributed by atoms with Gasteiger partial charge in [0, 0.05) is 5.92 Å².